The van der Waals surface area contributed by atoms with E-state index in [1.165, 1.54) is 0 Å². The Bertz CT molecular complexity index is 95.4. The van der Waals surface area contributed by atoms with Crippen molar-refractivity contribution in [3.05, 3.63) is 0 Å². The maximum atomic E-state index is 9.98. The lowest BCUT2D eigenvalue weighted by molar-refractivity contribution is -0.249. The van der Waals surface area contributed by atoms with E-state index < -0.39 is 19.1 Å². The van der Waals surface area contributed by atoms with Crippen LogP contribution in [-0.2, 0) is 9.47 Å². The van der Waals surface area contributed by atoms with Crippen molar-refractivity contribution in [3.63, 3.8) is 0 Å². The molecule has 7 heteroatoms. The van der Waals surface area contributed by atoms with Crippen LogP contribution in [0.2, 0.25) is 0 Å². The summed E-state index contributed by atoms with van der Waals surface area (Å²) in [5, 5.41) is 31.6. The van der Waals surface area contributed by atoms with Gasteiger partial charge in [0.1, 0.15) is 0 Å². The molecule has 7 nitrogen and oxygen atoms in total. The zero-order chi connectivity index (χ0) is 8.15. The summed E-state index contributed by atoms with van der Waals surface area (Å²) in [4.78, 5) is 9.98. The molecule has 0 heterocycles. The average molecular weight is 154 g/mol. The minimum atomic E-state index is -2.33. The molecule has 0 spiro atoms. The van der Waals surface area contributed by atoms with Crippen LogP contribution >= 0.6 is 0 Å². The Morgan fingerprint density at radius 3 is 1.50 bits per heavy atom. The van der Waals surface area contributed by atoms with E-state index in [4.69, 9.17) is 20.4 Å². The summed E-state index contributed by atoms with van der Waals surface area (Å²) in [5.41, 5.74) is 0. The highest BCUT2D eigenvalue weighted by atomic mass is 16.9. The summed E-state index contributed by atoms with van der Waals surface area (Å²) in [6.45, 7) is -4.66. The van der Waals surface area contributed by atoms with Crippen molar-refractivity contribution < 1.29 is 34.7 Å². The predicted molar refractivity (Wildman–Crippen MR) is 24.0 cm³/mol. The molecular weight excluding hydrogens is 148 g/mol. The van der Waals surface area contributed by atoms with E-state index in [-0.39, 0.29) is 0 Å². The molecule has 0 aliphatic carbocycles. The lowest BCUT2D eigenvalue weighted by Crippen LogP contribution is -2.22. The first-order valence-corrected chi connectivity index (χ1v) is 2.12. The molecule has 0 radical (unpaired) electrons. The van der Waals surface area contributed by atoms with E-state index >= 15 is 0 Å². The molecule has 0 aromatic heterocycles. The van der Waals surface area contributed by atoms with Gasteiger partial charge in [-0.05, 0) is 0 Å². The second-order valence-corrected chi connectivity index (χ2v) is 1.14. The number of rotatable bonds is 2. The Kier molecular flexibility index (Phi) is 3.65. The largest absolute Gasteiger partial charge is 0.516 e. The Morgan fingerprint density at radius 1 is 1.00 bits per heavy atom. The topological polar surface area (TPSA) is 116 Å². The van der Waals surface area contributed by atoms with Crippen molar-refractivity contribution in [1.29, 1.82) is 0 Å². The molecule has 4 N–H and O–H groups in total. The number of ether oxygens (including phenoxy) is 2. The highest BCUT2D eigenvalue weighted by Gasteiger charge is 2.11. The summed E-state index contributed by atoms with van der Waals surface area (Å²) in [6.07, 6.45) is -1.59. The van der Waals surface area contributed by atoms with Crippen LogP contribution in [0.3, 0.4) is 0 Å². The molecule has 0 atom stereocenters. The third kappa shape index (κ3) is 5.25. The van der Waals surface area contributed by atoms with Gasteiger partial charge in [0.25, 0.3) is 0 Å². The number of aliphatic hydroxyl groups excluding tert-OH is 2. The van der Waals surface area contributed by atoms with Crippen molar-refractivity contribution in [2.24, 2.45) is 0 Å². The van der Waals surface area contributed by atoms with Crippen LogP contribution in [0.5, 0.6) is 0 Å². The highest BCUT2D eigenvalue weighted by Crippen LogP contribution is 1.89. The quantitative estimate of drug-likeness (QED) is 0.260. The molecule has 0 bridgehead atoms. The molecular formula is C3H6O7. The average Bonchev–Trinajstić information content (AvgIpc) is 1.58. The maximum Gasteiger partial charge on any atom is 0.516 e. The third-order valence-corrected chi connectivity index (χ3v) is 0.403. The summed E-state index contributed by atoms with van der Waals surface area (Å²) in [5.74, 6) is 0. The van der Waals surface area contributed by atoms with Gasteiger partial charge in [-0.1, -0.05) is 0 Å². The van der Waals surface area contributed by atoms with Crippen molar-refractivity contribution in [3.8, 4) is 0 Å². The van der Waals surface area contributed by atoms with Gasteiger partial charge in [-0.15, -0.1) is 0 Å². The van der Waals surface area contributed by atoms with Gasteiger partial charge in [-0.25, -0.2) is 4.79 Å². The van der Waals surface area contributed by atoms with Crippen LogP contribution in [0, 0.1) is 0 Å². The van der Waals surface area contributed by atoms with Crippen LogP contribution in [0.25, 0.3) is 0 Å². The number of hydrogen-bond donors (Lipinski definition) is 4. The van der Waals surface area contributed by atoms with E-state index in [2.05, 4.69) is 9.47 Å². The van der Waals surface area contributed by atoms with E-state index in [0.717, 1.165) is 0 Å². The Hall–Kier alpha value is -0.890. The molecule has 0 amide bonds. The van der Waals surface area contributed by atoms with Crippen molar-refractivity contribution in [2.45, 2.75) is 13.0 Å². The zero-order valence-electron chi connectivity index (χ0n) is 4.67. The molecule has 0 aromatic carbocycles. The van der Waals surface area contributed by atoms with Gasteiger partial charge < -0.3 is 29.9 Å². The number of carbonyl (C=O) groups is 1. The fourth-order valence-corrected chi connectivity index (χ4v) is 0.200. The van der Waals surface area contributed by atoms with Crippen molar-refractivity contribution >= 4 is 6.16 Å². The monoisotopic (exact) mass is 154 g/mol. The SMILES string of the molecule is O=C(OC(O)O)OC(O)O. The Balaban J connectivity index is 3.44. The fraction of sp³-hybridized carbons (Fsp3) is 0.667. The summed E-state index contributed by atoms with van der Waals surface area (Å²) in [7, 11) is 0. The van der Waals surface area contributed by atoms with Gasteiger partial charge in [-0.2, -0.15) is 0 Å². The van der Waals surface area contributed by atoms with Crippen LogP contribution in [0.1, 0.15) is 0 Å². The smallest absolute Gasteiger partial charge is 0.379 e. The van der Waals surface area contributed by atoms with E-state index in [1.807, 2.05) is 0 Å². The summed E-state index contributed by atoms with van der Waals surface area (Å²) in [6, 6.07) is 0. The molecule has 0 saturated heterocycles. The second-order valence-electron chi connectivity index (χ2n) is 1.14. The number of carbonyl (C=O) groups excluding carboxylic acids is 1. The predicted octanol–water partition coefficient (Wildman–Crippen LogP) is -2.32. The van der Waals surface area contributed by atoms with Crippen molar-refractivity contribution in [2.75, 3.05) is 0 Å². The van der Waals surface area contributed by atoms with Gasteiger partial charge in [0.15, 0.2) is 0 Å². The molecule has 0 aliphatic rings. The molecule has 0 aromatic rings. The molecule has 0 unspecified atom stereocenters. The second kappa shape index (κ2) is 4.01. The van der Waals surface area contributed by atoms with Gasteiger partial charge in [0, 0.05) is 0 Å². The first kappa shape index (κ1) is 9.11. The molecule has 0 fully saturated rings. The fourth-order valence-electron chi connectivity index (χ4n) is 0.200. The summed E-state index contributed by atoms with van der Waals surface area (Å²) < 4.78 is 6.98. The minimum Gasteiger partial charge on any atom is -0.379 e. The summed E-state index contributed by atoms with van der Waals surface area (Å²) >= 11 is 0. The first-order chi connectivity index (χ1) is 4.52. The Morgan fingerprint density at radius 2 is 1.30 bits per heavy atom. The molecule has 60 valence electrons. The minimum absolute atomic E-state index is 1.59. The van der Waals surface area contributed by atoms with Crippen LogP contribution < -0.4 is 0 Å². The van der Waals surface area contributed by atoms with Crippen molar-refractivity contribution in [1.82, 2.24) is 0 Å². The van der Waals surface area contributed by atoms with Gasteiger partial charge >= 0.3 is 19.1 Å². The van der Waals surface area contributed by atoms with Gasteiger partial charge in [0.05, 0.1) is 0 Å². The third-order valence-electron chi connectivity index (χ3n) is 0.403. The highest BCUT2D eigenvalue weighted by molar-refractivity contribution is 5.59. The first-order valence-electron chi connectivity index (χ1n) is 2.12. The van der Waals surface area contributed by atoms with E-state index in [1.54, 1.807) is 0 Å². The van der Waals surface area contributed by atoms with Crippen LogP contribution in [0.4, 0.5) is 4.79 Å². The molecule has 0 aliphatic heterocycles. The maximum absolute atomic E-state index is 9.98. The Labute approximate surface area is 55.0 Å². The van der Waals surface area contributed by atoms with Gasteiger partial charge in [-0.3, -0.25) is 0 Å². The number of hydrogen-bond acceptors (Lipinski definition) is 7. The molecule has 10 heavy (non-hydrogen) atoms. The van der Waals surface area contributed by atoms with Crippen LogP contribution in [0.15, 0.2) is 0 Å². The standard InChI is InChI=1S/C3H6O7/c4-1(5)9-3(8)10-2(6)7/h1-2,4-7H. The number of aliphatic hydroxyl groups is 4. The van der Waals surface area contributed by atoms with Crippen LogP contribution in [-0.4, -0.2) is 39.5 Å². The lowest BCUT2D eigenvalue weighted by atomic mass is 11.1. The lowest BCUT2D eigenvalue weighted by Gasteiger charge is -2.06. The van der Waals surface area contributed by atoms with E-state index in [0.29, 0.717) is 0 Å². The van der Waals surface area contributed by atoms with E-state index in [9.17, 15) is 4.79 Å². The zero-order valence-corrected chi connectivity index (χ0v) is 4.67. The van der Waals surface area contributed by atoms with Gasteiger partial charge in [0.2, 0.25) is 0 Å². The molecule has 0 saturated carbocycles. The molecule has 0 rings (SSSR count). The normalized spacial score (nSPS) is 10.2.